The van der Waals surface area contributed by atoms with Gasteiger partial charge in [0, 0.05) is 12.1 Å². The summed E-state index contributed by atoms with van der Waals surface area (Å²) in [5, 5.41) is 21.2. The number of benzene rings is 1. The Hall–Kier alpha value is -1.55. The van der Waals surface area contributed by atoms with Gasteiger partial charge in [-0.1, -0.05) is 18.2 Å². The van der Waals surface area contributed by atoms with Crippen molar-refractivity contribution in [2.45, 2.75) is 25.9 Å². The molecule has 1 aromatic rings. The predicted molar refractivity (Wildman–Crippen MR) is 56.7 cm³/mol. The van der Waals surface area contributed by atoms with E-state index in [-0.39, 0.29) is 5.75 Å². The van der Waals surface area contributed by atoms with Crippen LogP contribution in [-0.2, 0) is 11.3 Å². The fourth-order valence-corrected chi connectivity index (χ4v) is 1.05. The minimum absolute atomic E-state index is 0.172. The Balaban J connectivity index is 2.66. The normalized spacial score (nSPS) is 11.3. The summed E-state index contributed by atoms with van der Waals surface area (Å²) in [6.07, 6.45) is 0. The molecule has 0 fully saturated rings. The lowest BCUT2D eigenvalue weighted by atomic mass is 10.1. The van der Waals surface area contributed by atoms with Gasteiger partial charge in [-0.2, -0.15) is 0 Å². The molecule has 0 aliphatic heterocycles. The van der Waals surface area contributed by atoms with E-state index in [1.54, 1.807) is 38.1 Å². The second kappa shape index (κ2) is 4.31. The van der Waals surface area contributed by atoms with Crippen LogP contribution in [0.5, 0.6) is 5.75 Å². The lowest BCUT2D eigenvalue weighted by Crippen LogP contribution is -2.46. The van der Waals surface area contributed by atoms with Crippen molar-refractivity contribution >= 4 is 5.97 Å². The molecule has 0 saturated carbocycles. The summed E-state index contributed by atoms with van der Waals surface area (Å²) in [4.78, 5) is 10.8. The number of phenolic OH excluding ortho intramolecular Hbond substituents is 1. The van der Waals surface area contributed by atoms with Gasteiger partial charge >= 0.3 is 5.97 Å². The van der Waals surface area contributed by atoms with Crippen molar-refractivity contribution in [3.63, 3.8) is 0 Å². The molecular weight excluding hydrogens is 194 g/mol. The molecule has 4 heteroatoms. The number of carbonyl (C=O) groups is 1. The summed E-state index contributed by atoms with van der Waals surface area (Å²) < 4.78 is 0. The zero-order chi connectivity index (χ0) is 11.5. The van der Waals surface area contributed by atoms with E-state index in [0.29, 0.717) is 12.1 Å². The standard InChI is InChI=1S/C11H15NO3/c1-11(2,10(14)15)12-7-8-5-3-4-6-9(8)13/h3-6,12-13H,7H2,1-2H3,(H,14,15). The first-order valence-electron chi connectivity index (χ1n) is 4.69. The zero-order valence-corrected chi connectivity index (χ0v) is 8.82. The van der Waals surface area contributed by atoms with E-state index in [1.165, 1.54) is 0 Å². The maximum atomic E-state index is 10.8. The van der Waals surface area contributed by atoms with Crippen molar-refractivity contribution in [3.05, 3.63) is 29.8 Å². The van der Waals surface area contributed by atoms with Crippen LogP contribution in [0, 0.1) is 0 Å². The van der Waals surface area contributed by atoms with Crippen LogP contribution in [-0.4, -0.2) is 21.7 Å². The first-order chi connectivity index (χ1) is 6.93. The highest BCUT2D eigenvalue weighted by Crippen LogP contribution is 2.16. The molecule has 0 heterocycles. The fourth-order valence-electron chi connectivity index (χ4n) is 1.05. The summed E-state index contributed by atoms with van der Waals surface area (Å²) in [5.74, 6) is -0.746. The Morgan fingerprint density at radius 1 is 1.40 bits per heavy atom. The molecule has 0 aliphatic carbocycles. The van der Waals surface area contributed by atoms with Gasteiger partial charge < -0.3 is 10.2 Å². The SMILES string of the molecule is CC(C)(NCc1ccccc1O)C(=O)O. The fraction of sp³-hybridized carbons (Fsp3) is 0.364. The van der Waals surface area contributed by atoms with Gasteiger partial charge in [-0.15, -0.1) is 0 Å². The number of hydrogen-bond acceptors (Lipinski definition) is 3. The molecule has 0 spiro atoms. The molecule has 0 aromatic heterocycles. The van der Waals surface area contributed by atoms with E-state index in [1.807, 2.05) is 0 Å². The van der Waals surface area contributed by atoms with Gasteiger partial charge in [0.15, 0.2) is 0 Å². The molecule has 3 N–H and O–H groups in total. The number of aromatic hydroxyl groups is 1. The van der Waals surface area contributed by atoms with Gasteiger partial charge in [0.25, 0.3) is 0 Å². The topological polar surface area (TPSA) is 69.6 Å². The average molecular weight is 209 g/mol. The van der Waals surface area contributed by atoms with Crippen LogP contribution in [0.25, 0.3) is 0 Å². The van der Waals surface area contributed by atoms with Crippen molar-refractivity contribution in [3.8, 4) is 5.75 Å². The maximum Gasteiger partial charge on any atom is 0.323 e. The molecule has 4 nitrogen and oxygen atoms in total. The van der Waals surface area contributed by atoms with E-state index in [2.05, 4.69) is 5.32 Å². The zero-order valence-electron chi connectivity index (χ0n) is 8.82. The average Bonchev–Trinajstić information content (AvgIpc) is 2.16. The van der Waals surface area contributed by atoms with Gasteiger partial charge in [-0.25, -0.2) is 0 Å². The molecule has 15 heavy (non-hydrogen) atoms. The van der Waals surface area contributed by atoms with Crippen molar-refractivity contribution in [1.82, 2.24) is 5.32 Å². The lowest BCUT2D eigenvalue weighted by Gasteiger charge is -2.21. The number of phenols is 1. The maximum absolute atomic E-state index is 10.8. The molecule has 0 amide bonds. The second-order valence-electron chi connectivity index (χ2n) is 3.91. The van der Waals surface area contributed by atoms with Crippen molar-refractivity contribution < 1.29 is 15.0 Å². The van der Waals surface area contributed by atoms with E-state index in [0.717, 1.165) is 0 Å². The van der Waals surface area contributed by atoms with Crippen molar-refractivity contribution in [1.29, 1.82) is 0 Å². The molecule has 0 saturated heterocycles. The predicted octanol–water partition coefficient (Wildman–Crippen LogP) is 1.34. The Bertz CT molecular complexity index is 361. The van der Waals surface area contributed by atoms with E-state index in [4.69, 9.17) is 5.11 Å². The van der Waals surface area contributed by atoms with Crippen LogP contribution < -0.4 is 5.32 Å². The van der Waals surface area contributed by atoms with Gasteiger partial charge in [-0.3, -0.25) is 10.1 Å². The number of carboxylic acids is 1. The molecule has 0 unspecified atom stereocenters. The van der Waals surface area contributed by atoms with Gasteiger partial charge in [0.1, 0.15) is 11.3 Å². The number of para-hydroxylation sites is 1. The smallest absolute Gasteiger partial charge is 0.323 e. The quantitative estimate of drug-likeness (QED) is 0.700. The Kier molecular flexibility index (Phi) is 3.31. The summed E-state index contributed by atoms with van der Waals surface area (Å²) in [6.45, 7) is 3.48. The molecule has 82 valence electrons. The van der Waals surface area contributed by atoms with Crippen LogP contribution in [0.15, 0.2) is 24.3 Å². The monoisotopic (exact) mass is 209 g/mol. The van der Waals surface area contributed by atoms with Crippen molar-refractivity contribution in [2.75, 3.05) is 0 Å². The third-order valence-corrected chi connectivity index (χ3v) is 2.25. The Morgan fingerprint density at radius 3 is 2.53 bits per heavy atom. The first-order valence-corrected chi connectivity index (χ1v) is 4.69. The molecule has 0 atom stereocenters. The van der Waals surface area contributed by atoms with Crippen LogP contribution in [0.1, 0.15) is 19.4 Å². The van der Waals surface area contributed by atoms with Crippen LogP contribution in [0.3, 0.4) is 0 Å². The van der Waals surface area contributed by atoms with Gasteiger partial charge in [-0.05, 0) is 19.9 Å². The lowest BCUT2D eigenvalue weighted by molar-refractivity contribution is -0.143. The third kappa shape index (κ3) is 2.95. The number of nitrogens with one attached hydrogen (secondary N) is 1. The summed E-state index contributed by atoms with van der Waals surface area (Å²) in [7, 11) is 0. The summed E-state index contributed by atoms with van der Waals surface area (Å²) in [5.41, 5.74) is -0.311. The Labute approximate surface area is 88.6 Å². The second-order valence-corrected chi connectivity index (χ2v) is 3.91. The van der Waals surface area contributed by atoms with Crippen LogP contribution in [0.2, 0.25) is 0 Å². The Morgan fingerprint density at radius 2 is 2.00 bits per heavy atom. The number of rotatable bonds is 4. The largest absolute Gasteiger partial charge is 0.508 e. The first kappa shape index (κ1) is 11.5. The van der Waals surface area contributed by atoms with Crippen LogP contribution in [0.4, 0.5) is 0 Å². The summed E-state index contributed by atoms with van der Waals surface area (Å²) in [6, 6.07) is 6.84. The molecule has 1 rings (SSSR count). The van der Waals surface area contributed by atoms with Gasteiger partial charge in [0.2, 0.25) is 0 Å². The minimum Gasteiger partial charge on any atom is -0.508 e. The number of hydrogen-bond donors (Lipinski definition) is 3. The molecular formula is C11H15NO3. The summed E-state index contributed by atoms with van der Waals surface area (Å²) >= 11 is 0. The number of aliphatic carboxylic acids is 1. The highest BCUT2D eigenvalue weighted by molar-refractivity contribution is 5.77. The van der Waals surface area contributed by atoms with Gasteiger partial charge in [0.05, 0.1) is 0 Å². The number of carboxylic acid groups (broad SMARTS) is 1. The van der Waals surface area contributed by atoms with E-state index in [9.17, 15) is 9.90 Å². The highest BCUT2D eigenvalue weighted by Gasteiger charge is 2.26. The van der Waals surface area contributed by atoms with Crippen molar-refractivity contribution in [2.24, 2.45) is 0 Å². The molecule has 0 radical (unpaired) electrons. The molecule has 0 aliphatic rings. The third-order valence-electron chi connectivity index (χ3n) is 2.25. The highest BCUT2D eigenvalue weighted by atomic mass is 16.4. The minimum atomic E-state index is -0.998. The van der Waals surface area contributed by atoms with Crippen LogP contribution >= 0.6 is 0 Å². The van der Waals surface area contributed by atoms with E-state index >= 15 is 0 Å². The molecule has 1 aromatic carbocycles. The van der Waals surface area contributed by atoms with E-state index < -0.39 is 11.5 Å². The molecule has 0 bridgehead atoms.